The molecule has 1 aromatic rings. The van der Waals surface area contributed by atoms with Crippen molar-refractivity contribution >= 4 is 15.9 Å². The largest absolute Gasteiger partial charge is 0.380 e. The van der Waals surface area contributed by atoms with Crippen LogP contribution in [0, 0.1) is 6.07 Å². The molecule has 2 heteroatoms. The highest BCUT2D eigenvalue weighted by molar-refractivity contribution is 9.10. The lowest BCUT2D eigenvalue weighted by Gasteiger charge is -2.00. The first-order chi connectivity index (χ1) is 4.84. The van der Waals surface area contributed by atoms with Crippen LogP contribution in [0.15, 0.2) is 22.7 Å². The van der Waals surface area contributed by atoms with E-state index in [0.717, 1.165) is 10.0 Å². The maximum absolute atomic E-state index is 4.96. The average molecular weight is 200 g/mol. The van der Waals surface area contributed by atoms with Gasteiger partial charge in [0.1, 0.15) is 0 Å². The monoisotopic (exact) mass is 199 g/mol. The Bertz CT molecular complexity index is 210. The molecule has 0 aromatic heterocycles. The third kappa shape index (κ3) is 1.82. The highest BCUT2D eigenvalue weighted by atomic mass is 79.9. The summed E-state index contributed by atoms with van der Waals surface area (Å²) >= 11 is 3.40. The predicted octanol–water partition coefficient (Wildman–Crippen LogP) is 2.40. The Labute approximate surface area is 69.1 Å². The highest BCUT2D eigenvalue weighted by Crippen LogP contribution is 2.15. The van der Waals surface area contributed by atoms with E-state index in [0.29, 0.717) is 6.61 Å². The number of rotatable bonds is 2. The molecule has 1 rings (SSSR count). The second-order valence-electron chi connectivity index (χ2n) is 1.95. The molecule has 10 heavy (non-hydrogen) atoms. The molecule has 1 radical (unpaired) electrons. The molecule has 0 fully saturated rings. The van der Waals surface area contributed by atoms with Gasteiger partial charge in [0, 0.05) is 11.6 Å². The quantitative estimate of drug-likeness (QED) is 0.712. The van der Waals surface area contributed by atoms with Gasteiger partial charge in [0.2, 0.25) is 0 Å². The molecule has 0 aliphatic carbocycles. The number of benzene rings is 1. The molecule has 0 aliphatic rings. The summed E-state index contributed by atoms with van der Waals surface area (Å²) in [6.45, 7) is 0.637. The van der Waals surface area contributed by atoms with E-state index < -0.39 is 0 Å². The molecule has 0 atom stereocenters. The lowest BCUT2D eigenvalue weighted by atomic mass is 10.2. The number of ether oxygens (including phenoxy) is 1. The summed E-state index contributed by atoms with van der Waals surface area (Å²) in [5.74, 6) is 0. The van der Waals surface area contributed by atoms with Gasteiger partial charge in [-0.25, -0.2) is 0 Å². The summed E-state index contributed by atoms with van der Waals surface area (Å²) in [5, 5.41) is 0. The Kier molecular flexibility index (Phi) is 2.90. The van der Waals surface area contributed by atoms with Crippen LogP contribution in [0.25, 0.3) is 0 Å². The van der Waals surface area contributed by atoms with Crippen molar-refractivity contribution in [3.63, 3.8) is 0 Å². The van der Waals surface area contributed by atoms with Gasteiger partial charge >= 0.3 is 0 Å². The van der Waals surface area contributed by atoms with Gasteiger partial charge in [-0.1, -0.05) is 22.0 Å². The molecule has 1 aromatic carbocycles. The topological polar surface area (TPSA) is 9.23 Å². The molecule has 53 valence electrons. The smallest absolute Gasteiger partial charge is 0.0724 e. The van der Waals surface area contributed by atoms with Crippen molar-refractivity contribution in [2.45, 2.75) is 6.61 Å². The Morgan fingerprint density at radius 3 is 3.10 bits per heavy atom. The standard InChI is InChI=1S/C8H8BrO/c1-10-6-7-4-2-3-5-8(7)9/h3-5H,6H2,1H3. The zero-order chi connectivity index (χ0) is 7.40. The van der Waals surface area contributed by atoms with Crippen LogP contribution in [0.2, 0.25) is 0 Å². The number of methoxy groups -OCH3 is 1. The van der Waals surface area contributed by atoms with Crippen molar-refractivity contribution in [1.29, 1.82) is 0 Å². The molecule has 0 N–H and O–H groups in total. The minimum Gasteiger partial charge on any atom is -0.380 e. The normalized spacial score (nSPS) is 9.80. The molecule has 0 saturated heterocycles. The Hall–Kier alpha value is -0.340. The zero-order valence-corrected chi connectivity index (χ0v) is 7.31. The van der Waals surface area contributed by atoms with Crippen molar-refractivity contribution in [2.24, 2.45) is 0 Å². The number of halogens is 1. The number of hydrogen-bond donors (Lipinski definition) is 0. The first kappa shape index (κ1) is 7.76. The third-order valence-electron chi connectivity index (χ3n) is 1.19. The molecule has 0 heterocycles. The summed E-state index contributed by atoms with van der Waals surface area (Å²) < 4.78 is 6.04. The fourth-order valence-corrected chi connectivity index (χ4v) is 1.07. The van der Waals surface area contributed by atoms with E-state index in [2.05, 4.69) is 22.0 Å². The molecule has 0 amide bonds. The predicted molar refractivity (Wildman–Crippen MR) is 43.7 cm³/mol. The Morgan fingerprint density at radius 1 is 1.70 bits per heavy atom. The van der Waals surface area contributed by atoms with E-state index in [-0.39, 0.29) is 0 Å². The molecule has 0 aliphatic heterocycles. The van der Waals surface area contributed by atoms with Crippen LogP contribution < -0.4 is 0 Å². The third-order valence-corrected chi connectivity index (χ3v) is 1.96. The fraction of sp³-hybridized carbons (Fsp3) is 0.250. The maximum Gasteiger partial charge on any atom is 0.0724 e. The maximum atomic E-state index is 4.96. The SMILES string of the molecule is COCc1c[c]ccc1Br. The lowest BCUT2D eigenvalue weighted by molar-refractivity contribution is 0.184. The van der Waals surface area contributed by atoms with E-state index >= 15 is 0 Å². The second kappa shape index (κ2) is 3.74. The molecule has 0 bridgehead atoms. The van der Waals surface area contributed by atoms with Gasteiger partial charge in [0.25, 0.3) is 0 Å². The highest BCUT2D eigenvalue weighted by Gasteiger charge is 1.94. The second-order valence-corrected chi connectivity index (χ2v) is 2.80. The van der Waals surface area contributed by atoms with Crippen molar-refractivity contribution in [2.75, 3.05) is 7.11 Å². The Balaban J connectivity index is 2.81. The van der Waals surface area contributed by atoms with Crippen LogP contribution in [0.1, 0.15) is 5.56 Å². The van der Waals surface area contributed by atoms with Crippen LogP contribution in [0.5, 0.6) is 0 Å². The van der Waals surface area contributed by atoms with E-state index in [1.807, 2.05) is 18.2 Å². The first-order valence-corrected chi connectivity index (χ1v) is 3.77. The van der Waals surface area contributed by atoms with Crippen LogP contribution in [-0.4, -0.2) is 7.11 Å². The van der Waals surface area contributed by atoms with Gasteiger partial charge in [-0.3, -0.25) is 0 Å². The molecular formula is C8H8BrO. The van der Waals surface area contributed by atoms with E-state index in [4.69, 9.17) is 4.74 Å². The van der Waals surface area contributed by atoms with Crippen molar-refractivity contribution in [1.82, 2.24) is 0 Å². The first-order valence-electron chi connectivity index (χ1n) is 2.98. The average Bonchev–Trinajstić information content (AvgIpc) is 1.94. The lowest BCUT2D eigenvalue weighted by Crippen LogP contribution is -1.87. The summed E-state index contributed by atoms with van der Waals surface area (Å²) in [6, 6.07) is 8.70. The molecule has 0 unspecified atom stereocenters. The van der Waals surface area contributed by atoms with Gasteiger partial charge < -0.3 is 4.74 Å². The fourth-order valence-electron chi connectivity index (χ4n) is 0.712. The number of hydrogen-bond acceptors (Lipinski definition) is 1. The zero-order valence-electron chi connectivity index (χ0n) is 5.73. The molecule has 0 saturated carbocycles. The van der Waals surface area contributed by atoms with Crippen LogP contribution in [-0.2, 0) is 11.3 Å². The van der Waals surface area contributed by atoms with Crippen molar-refractivity contribution < 1.29 is 4.74 Å². The Morgan fingerprint density at radius 2 is 2.50 bits per heavy atom. The van der Waals surface area contributed by atoms with E-state index in [1.54, 1.807) is 7.11 Å². The van der Waals surface area contributed by atoms with Gasteiger partial charge in [0.15, 0.2) is 0 Å². The van der Waals surface area contributed by atoms with Crippen LogP contribution in [0.4, 0.5) is 0 Å². The van der Waals surface area contributed by atoms with Gasteiger partial charge in [-0.2, -0.15) is 0 Å². The van der Waals surface area contributed by atoms with Gasteiger partial charge in [0.05, 0.1) is 6.61 Å². The van der Waals surface area contributed by atoms with Gasteiger partial charge in [-0.15, -0.1) is 0 Å². The van der Waals surface area contributed by atoms with Crippen molar-refractivity contribution in [3.05, 3.63) is 34.3 Å². The van der Waals surface area contributed by atoms with E-state index in [9.17, 15) is 0 Å². The minimum absolute atomic E-state index is 0.637. The molecule has 0 spiro atoms. The summed E-state index contributed by atoms with van der Waals surface area (Å²) in [6.07, 6.45) is 0. The van der Waals surface area contributed by atoms with Crippen LogP contribution >= 0.6 is 15.9 Å². The van der Waals surface area contributed by atoms with Crippen LogP contribution in [0.3, 0.4) is 0 Å². The molecule has 1 nitrogen and oxygen atoms in total. The van der Waals surface area contributed by atoms with Crippen molar-refractivity contribution in [3.8, 4) is 0 Å². The summed E-state index contributed by atoms with van der Waals surface area (Å²) in [5.41, 5.74) is 1.13. The summed E-state index contributed by atoms with van der Waals surface area (Å²) in [7, 11) is 1.68. The summed E-state index contributed by atoms with van der Waals surface area (Å²) in [4.78, 5) is 0. The van der Waals surface area contributed by atoms with E-state index in [1.165, 1.54) is 0 Å². The van der Waals surface area contributed by atoms with Gasteiger partial charge in [-0.05, 0) is 23.8 Å². The molecular weight excluding hydrogens is 192 g/mol. The minimum atomic E-state index is 0.637.